The molecule has 0 radical (unpaired) electrons. The van der Waals surface area contributed by atoms with Crippen molar-refractivity contribution in [2.45, 2.75) is 11.5 Å². The van der Waals surface area contributed by atoms with Crippen LogP contribution in [0.1, 0.15) is 5.56 Å². The Balaban J connectivity index is 2.44. The fourth-order valence-electron chi connectivity index (χ4n) is 2.30. The predicted molar refractivity (Wildman–Crippen MR) is 67.1 cm³/mol. The average Bonchev–Trinajstić information content (AvgIpc) is 2.24. The second-order valence-electron chi connectivity index (χ2n) is 4.19. The maximum atomic E-state index is 11.3. The number of aliphatic carboxylic acids is 1. The van der Waals surface area contributed by atoms with Gasteiger partial charge in [-0.25, -0.2) is 0 Å². The first-order valence-corrected chi connectivity index (χ1v) is 6.14. The number of likely N-dealkylation sites (N-methyl/N-ethyl adjacent to an activating group) is 1. The third-order valence-electron chi connectivity index (χ3n) is 3.22. The zero-order valence-corrected chi connectivity index (χ0v) is 11.0. The fraction of sp³-hybridized carbons (Fsp3) is 0.417. The van der Waals surface area contributed by atoms with Crippen molar-refractivity contribution < 1.29 is 14.6 Å². The van der Waals surface area contributed by atoms with Crippen LogP contribution in [0.15, 0.2) is 28.7 Å². The Labute approximate surface area is 108 Å². The lowest BCUT2D eigenvalue weighted by Crippen LogP contribution is -2.62. The summed E-state index contributed by atoms with van der Waals surface area (Å²) in [4.78, 5) is 11.3. The summed E-state index contributed by atoms with van der Waals surface area (Å²) < 4.78 is 6.18. The highest BCUT2D eigenvalue weighted by molar-refractivity contribution is 9.10. The summed E-state index contributed by atoms with van der Waals surface area (Å²) in [7, 11) is 1.66. The molecule has 1 aromatic carbocycles. The Bertz CT molecular complexity index is 432. The lowest BCUT2D eigenvalue weighted by molar-refractivity contribution is -0.150. The molecule has 5 heteroatoms. The van der Waals surface area contributed by atoms with Crippen LogP contribution in [0.3, 0.4) is 0 Å². The Kier molecular flexibility index (Phi) is 3.51. The molecule has 0 bridgehead atoms. The molecule has 4 nitrogen and oxygen atoms in total. The quantitative estimate of drug-likeness (QED) is 0.882. The lowest BCUT2D eigenvalue weighted by Gasteiger charge is -2.46. The van der Waals surface area contributed by atoms with Crippen LogP contribution in [0.5, 0.6) is 0 Å². The van der Waals surface area contributed by atoms with Crippen molar-refractivity contribution in [1.82, 2.24) is 5.32 Å². The van der Waals surface area contributed by atoms with E-state index in [1.807, 2.05) is 24.3 Å². The van der Waals surface area contributed by atoms with E-state index < -0.39 is 17.4 Å². The number of rotatable bonds is 4. The first-order chi connectivity index (χ1) is 8.12. The van der Waals surface area contributed by atoms with Gasteiger partial charge in [0.25, 0.3) is 0 Å². The number of nitrogens with one attached hydrogen (secondary N) is 1. The van der Waals surface area contributed by atoms with E-state index >= 15 is 0 Å². The second-order valence-corrected chi connectivity index (χ2v) is 5.04. The highest BCUT2D eigenvalue weighted by atomic mass is 79.9. The van der Waals surface area contributed by atoms with Gasteiger partial charge in [-0.05, 0) is 18.7 Å². The first kappa shape index (κ1) is 12.5. The normalized spacial score (nSPS) is 19.4. The maximum Gasteiger partial charge on any atom is 0.321 e. The van der Waals surface area contributed by atoms with Gasteiger partial charge in [0.05, 0.1) is 18.6 Å². The van der Waals surface area contributed by atoms with Gasteiger partial charge in [-0.1, -0.05) is 34.1 Å². The van der Waals surface area contributed by atoms with E-state index in [0.717, 1.165) is 10.0 Å². The van der Waals surface area contributed by atoms with E-state index in [0.29, 0.717) is 13.2 Å². The van der Waals surface area contributed by atoms with Gasteiger partial charge in [0.15, 0.2) is 0 Å². The Morgan fingerprint density at radius 1 is 1.53 bits per heavy atom. The summed E-state index contributed by atoms with van der Waals surface area (Å²) in [6.45, 7) is 0.848. The molecule has 1 aromatic rings. The minimum absolute atomic E-state index is 0.424. The molecule has 0 amide bonds. The standard InChI is InChI=1S/C12H14BrNO3/c1-14-10(11(15)16)12(6-17-7-12)8-4-2-3-5-9(8)13/h2-5,10,14H,6-7H2,1H3,(H,15,16). The van der Waals surface area contributed by atoms with E-state index in [1.54, 1.807) is 7.05 Å². The summed E-state index contributed by atoms with van der Waals surface area (Å²) in [6.07, 6.45) is 0. The molecule has 2 N–H and O–H groups in total. The van der Waals surface area contributed by atoms with Crippen molar-refractivity contribution in [2.75, 3.05) is 20.3 Å². The molecule has 1 atom stereocenters. The van der Waals surface area contributed by atoms with Crippen molar-refractivity contribution in [2.24, 2.45) is 0 Å². The smallest absolute Gasteiger partial charge is 0.321 e. The number of benzene rings is 1. The Hall–Kier alpha value is -0.910. The predicted octanol–water partition coefficient (Wildman–Crippen LogP) is 1.39. The summed E-state index contributed by atoms with van der Waals surface area (Å²) >= 11 is 3.48. The second kappa shape index (κ2) is 4.76. The van der Waals surface area contributed by atoms with Gasteiger partial charge in [-0.15, -0.1) is 0 Å². The third kappa shape index (κ3) is 1.99. The molecule has 0 saturated carbocycles. The number of hydrogen-bond acceptors (Lipinski definition) is 3. The van der Waals surface area contributed by atoms with Crippen molar-refractivity contribution in [1.29, 1.82) is 0 Å². The third-order valence-corrected chi connectivity index (χ3v) is 3.91. The van der Waals surface area contributed by atoms with Crippen LogP contribution in [0.4, 0.5) is 0 Å². The van der Waals surface area contributed by atoms with Crippen LogP contribution in [0.2, 0.25) is 0 Å². The van der Waals surface area contributed by atoms with E-state index in [2.05, 4.69) is 21.2 Å². The number of ether oxygens (including phenoxy) is 1. The van der Waals surface area contributed by atoms with Crippen LogP contribution >= 0.6 is 15.9 Å². The summed E-state index contributed by atoms with van der Waals surface area (Å²) in [5.41, 5.74) is 0.494. The van der Waals surface area contributed by atoms with Crippen molar-refractivity contribution in [3.05, 3.63) is 34.3 Å². The average molecular weight is 300 g/mol. The molecule has 2 rings (SSSR count). The number of carboxylic acid groups (broad SMARTS) is 1. The number of hydrogen-bond donors (Lipinski definition) is 2. The van der Waals surface area contributed by atoms with Gasteiger partial charge in [-0.2, -0.15) is 0 Å². The monoisotopic (exact) mass is 299 g/mol. The summed E-state index contributed by atoms with van der Waals surface area (Å²) in [5.74, 6) is -0.855. The van der Waals surface area contributed by atoms with Gasteiger partial charge in [0.1, 0.15) is 6.04 Å². The maximum absolute atomic E-state index is 11.3. The van der Waals surface area contributed by atoms with E-state index in [-0.39, 0.29) is 0 Å². The lowest BCUT2D eigenvalue weighted by atomic mass is 9.72. The van der Waals surface area contributed by atoms with E-state index in [9.17, 15) is 9.90 Å². The van der Waals surface area contributed by atoms with Crippen LogP contribution in [0.25, 0.3) is 0 Å². The molecule has 0 aliphatic carbocycles. The van der Waals surface area contributed by atoms with Crippen LogP contribution in [0, 0.1) is 0 Å². The zero-order chi connectivity index (χ0) is 12.5. The molecule has 0 aromatic heterocycles. The van der Waals surface area contributed by atoms with Gasteiger partial charge in [0, 0.05) is 4.47 Å². The molecule has 1 saturated heterocycles. The highest BCUT2D eigenvalue weighted by Gasteiger charge is 2.50. The van der Waals surface area contributed by atoms with Crippen molar-refractivity contribution in [3.8, 4) is 0 Å². The SMILES string of the molecule is CNC(C(=O)O)C1(c2ccccc2Br)COC1. The van der Waals surface area contributed by atoms with Crippen LogP contribution < -0.4 is 5.32 Å². The highest BCUT2D eigenvalue weighted by Crippen LogP contribution is 2.39. The van der Waals surface area contributed by atoms with Crippen molar-refractivity contribution in [3.63, 3.8) is 0 Å². The fourth-order valence-corrected chi connectivity index (χ4v) is 2.98. The molecule has 1 heterocycles. The molecule has 1 unspecified atom stereocenters. The largest absolute Gasteiger partial charge is 0.480 e. The molecular formula is C12H14BrNO3. The van der Waals surface area contributed by atoms with E-state index in [4.69, 9.17) is 4.74 Å². The van der Waals surface area contributed by atoms with Crippen LogP contribution in [-0.4, -0.2) is 37.4 Å². The number of halogens is 1. The molecule has 1 aliphatic rings. The van der Waals surface area contributed by atoms with Gasteiger partial charge in [0.2, 0.25) is 0 Å². The molecule has 0 spiro atoms. The molecule has 1 aliphatic heterocycles. The molecule has 17 heavy (non-hydrogen) atoms. The number of carboxylic acids is 1. The van der Waals surface area contributed by atoms with Gasteiger partial charge < -0.3 is 15.2 Å². The Morgan fingerprint density at radius 3 is 2.59 bits per heavy atom. The molecule has 92 valence electrons. The van der Waals surface area contributed by atoms with Crippen LogP contribution in [-0.2, 0) is 14.9 Å². The van der Waals surface area contributed by atoms with Gasteiger partial charge >= 0.3 is 5.97 Å². The number of carbonyl (C=O) groups is 1. The zero-order valence-electron chi connectivity index (χ0n) is 9.44. The first-order valence-electron chi connectivity index (χ1n) is 5.34. The van der Waals surface area contributed by atoms with E-state index in [1.165, 1.54) is 0 Å². The minimum atomic E-state index is -0.855. The minimum Gasteiger partial charge on any atom is -0.480 e. The summed E-state index contributed by atoms with van der Waals surface area (Å²) in [5, 5.41) is 12.2. The van der Waals surface area contributed by atoms with Crippen molar-refractivity contribution >= 4 is 21.9 Å². The molecule has 1 fully saturated rings. The van der Waals surface area contributed by atoms with Gasteiger partial charge in [-0.3, -0.25) is 4.79 Å². The Morgan fingerprint density at radius 2 is 2.18 bits per heavy atom. The summed E-state index contributed by atoms with van der Waals surface area (Å²) in [6, 6.07) is 7.05. The molecular weight excluding hydrogens is 286 g/mol. The topological polar surface area (TPSA) is 58.6 Å².